The highest BCUT2D eigenvalue weighted by atomic mass is 15.0. The zero-order valence-electron chi connectivity index (χ0n) is 8.69. The Hall–Kier alpha value is -1.35. The molecule has 3 rings (SSSR count). The van der Waals surface area contributed by atoms with E-state index in [1.165, 1.54) is 18.5 Å². The van der Waals surface area contributed by atoms with Gasteiger partial charge >= 0.3 is 0 Å². The number of imidazole rings is 1. The molecular weight excluding hydrogens is 186 g/mol. The fourth-order valence-electron chi connectivity index (χ4n) is 2.41. The standard InChI is InChI=1S/C12H15N3/c1-4-11(10-3-2-6-13-9-10)15-8-7-14-12(15)5-1/h1,4-5,7-8,10,13H,2-3,6,9H2. The molecule has 78 valence electrons. The van der Waals surface area contributed by atoms with Crippen LogP contribution in [-0.2, 0) is 0 Å². The van der Waals surface area contributed by atoms with E-state index in [-0.39, 0.29) is 0 Å². The van der Waals surface area contributed by atoms with Crippen LogP contribution < -0.4 is 5.32 Å². The lowest BCUT2D eigenvalue weighted by Gasteiger charge is -2.23. The molecule has 0 spiro atoms. The molecule has 1 atom stereocenters. The highest BCUT2D eigenvalue weighted by molar-refractivity contribution is 5.40. The number of pyridine rings is 1. The molecule has 0 radical (unpaired) electrons. The van der Waals surface area contributed by atoms with E-state index in [0.29, 0.717) is 5.92 Å². The minimum atomic E-state index is 0.636. The van der Waals surface area contributed by atoms with Crippen LogP contribution in [0.25, 0.3) is 5.65 Å². The van der Waals surface area contributed by atoms with Gasteiger partial charge in [-0.15, -0.1) is 0 Å². The Bertz CT molecular complexity index is 455. The lowest BCUT2D eigenvalue weighted by Crippen LogP contribution is -2.29. The van der Waals surface area contributed by atoms with Crippen molar-refractivity contribution < 1.29 is 0 Å². The number of aromatic nitrogens is 2. The van der Waals surface area contributed by atoms with Crippen LogP contribution in [0.15, 0.2) is 30.6 Å². The van der Waals surface area contributed by atoms with E-state index in [2.05, 4.69) is 39.1 Å². The number of nitrogens with one attached hydrogen (secondary N) is 1. The SMILES string of the molecule is c1cc(C2CCCNC2)n2ccnc2c1. The molecular formula is C12H15N3. The third kappa shape index (κ3) is 1.53. The second-order valence-corrected chi connectivity index (χ2v) is 4.15. The maximum atomic E-state index is 4.32. The number of hydrogen-bond acceptors (Lipinski definition) is 2. The van der Waals surface area contributed by atoms with Crippen LogP contribution in [0.4, 0.5) is 0 Å². The molecule has 1 saturated heterocycles. The van der Waals surface area contributed by atoms with Gasteiger partial charge in [0.1, 0.15) is 5.65 Å². The molecule has 1 aliphatic rings. The molecule has 1 fully saturated rings. The lowest BCUT2D eigenvalue weighted by atomic mass is 9.95. The summed E-state index contributed by atoms with van der Waals surface area (Å²) in [5.74, 6) is 0.636. The summed E-state index contributed by atoms with van der Waals surface area (Å²) in [6.07, 6.45) is 6.48. The van der Waals surface area contributed by atoms with Gasteiger partial charge in [-0.05, 0) is 31.5 Å². The first-order chi connectivity index (χ1) is 7.45. The Balaban J connectivity index is 2.05. The summed E-state index contributed by atoms with van der Waals surface area (Å²) in [6.45, 7) is 2.26. The van der Waals surface area contributed by atoms with E-state index < -0.39 is 0 Å². The minimum Gasteiger partial charge on any atom is -0.316 e. The lowest BCUT2D eigenvalue weighted by molar-refractivity contribution is 0.452. The van der Waals surface area contributed by atoms with Gasteiger partial charge in [0.25, 0.3) is 0 Å². The largest absolute Gasteiger partial charge is 0.316 e. The van der Waals surface area contributed by atoms with E-state index in [1.807, 2.05) is 6.20 Å². The summed E-state index contributed by atoms with van der Waals surface area (Å²) >= 11 is 0. The van der Waals surface area contributed by atoms with Gasteiger partial charge in [0, 0.05) is 30.6 Å². The molecule has 0 aromatic carbocycles. The monoisotopic (exact) mass is 201 g/mol. The highest BCUT2D eigenvalue weighted by Crippen LogP contribution is 2.23. The Labute approximate surface area is 89.1 Å². The van der Waals surface area contributed by atoms with E-state index in [4.69, 9.17) is 0 Å². The Morgan fingerprint density at radius 3 is 3.27 bits per heavy atom. The zero-order chi connectivity index (χ0) is 10.1. The number of fused-ring (bicyclic) bond motifs is 1. The average Bonchev–Trinajstić information content (AvgIpc) is 2.78. The molecule has 3 heterocycles. The zero-order valence-corrected chi connectivity index (χ0v) is 8.69. The maximum Gasteiger partial charge on any atom is 0.136 e. The summed E-state index contributed by atoms with van der Waals surface area (Å²) in [5, 5.41) is 3.46. The molecule has 3 heteroatoms. The topological polar surface area (TPSA) is 29.3 Å². The molecule has 1 unspecified atom stereocenters. The molecule has 15 heavy (non-hydrogen) atoms. The second-order valence-electron chi connectivity index (χ2n) is 4.15. The van der Waals surface area contributed by atoms with Gasteiger partial charge in [-0.1, -0.05) is 6.07 Å². The maximum absolute atomic E-state index is 4.32. The molecule has 0 bridgehead atoms. The Morgan fingerprint density at radius 2 is 2.40 bits per heavy atom. The third-order valence-electron chi connectivity index (χ3n) is 3.17. The number of rotatable bonds is 1. The van der Waals surface area contributed by atoms with Gasteiger partial charge in [0.2, 0.25) is 0 Å². The van der Waals surface area contributed by atoms with Crippen molar-refractivity contribution in [3.8, 4) is 0 Å². The molecule has 2 aromatic heterocycles. The van der Waals surface area contributed by atoms with Crippen LogP contribution in [0, 0.1) is 0 Å². The van der Waals surface area contributed by atoms with E-state index in [0.717, 1.165) is 18.7 Å². The number of hydrogen-bond donors (Lipinski definition) is 1. The number of piperidine rings is 1. The highest BCUT2D eigenvalue weighted by Gasteiger charge is 2.17. The summed E-state index contributed by atoms with van der Waals surface area (Å²) < 4.78 is 2.21. The van der Waals surface area contributed by atoms with E-state index in [1.54, 1.807) is 0 Å². The Kier molecular flexibility index (Phi) is 2.18. The summed E-state index contributed by atoms with van der Waals surface area (Å²) in [5.41, 5.74) is 2.44. The van der Waals surface area contributed by atoms with Crippen molar-refractivity contribution in [3.63, 3.8) is 0 Å². The van der Waals surface area contributed by atoms with Crippen LogP contribution >= 0.6 is 0 Å². The van der Waals surface area contributed by atoms with Crippen molar-refractivity contribution in [3.05, 3.63) is 36.3 Å². The quantitative estimate of drug-likeness (QED) is 0.762. The van der Waals surface area contributed by atoms with Crippen LogP contribution in [-0.4, -0.2) is 22.5 Å². The van der Waals surface area contributed by atoms with E-state index in [9.17, 15) is 0 Å². The first-order valence-electron chi connectivity index (χ1n) is 5.58. The normalized spacial score (nSPS) is 22.0. The van der Waals surface area contributed by atoms with Crippen molar-refractivity contribution in [2.24, 2.45) is 0 Å². The van der Waals surface area contributed by atoms with Gasteiger partial charge in [0.05, 0.1) is 0 Å². The fraction of sp³-hybridized carbons (Fsp3) is 0.417. The van der Waals surface area contributed by atoms with Gasteiger partial charge in [-0.25, -0.2) is 4.98 Å². The first-order valence-corrected chi connectivity index (χ1v) is 5.58. The number of nitrogens with zero attached hydrogens (tertiary/aromatic N) is 2. The van der Waals surface area contributed by atoms with Gasteiger partial charge in [0.15, 0.2) is 0 Å². The molecule has 2 aromatic rings. The average molecular weight is 201 g/mol. The predicted molar refractivity (Wildman–Crippen MR) is 60.0 cm³/mol. The van der Waals surface area contributed by atoms with Crippen LogP contribution in [0.5, 0.6) is 0 Å². The summed E-state index contributed by atoms with van der Waals surface area (Å²) in [7, 11) is 0. The van der Waals surface area contributed by atoms with Crippen molar-refractivity contribution >= 4 is 5.65 Å². The van der Waals surface area contributed by atoms with Crippen molar-refractivity contribution in [2.75, 3.05) is 13.1 Å². The summed E-state index contributed by atoms with van der Waals surface area (Å²) in [6, 6.07) is 6.37. The van der Waals surface area contributed by atoms with Gasteiger partial charge in [-0.3, -0.25) is 0 Å². The molecule has 1 N–H and O–H groups in total. The smallest absolute Gasteiger partial charge is 0.136 e. The molecule has 3 nitrogen and oxygen atoms in total. The summed E-state index contributed by atoms with van der Waals surface area (Å²) in [4.78, 5) is 4.32. The molecule has 0 amide bonds. The van der Waals surface area contributed by atoms with Crippen molar-refractivity contribution in [1.29, 1.82) is 0 Å². The van der Waals surface area contributed by atoms with Gasteiger partial charge < -0.3 is 9.72 Å². The minimum absolute atomic E-state index is 0.636. The van der Waals surface area contributed by atoms with Crippen LogP contribution in [0.1, 0.15) is 24.5 Å². The molecule has 0 aliphatic carbocycles. The third-order valence-corrected chi connectivity index (χ3v) is 3.17. The Morgan fingerprint density at radius 1 is 1.40 bits per heavy atom. The van der Waals surface area contributed by atoms with Crippen molar-refractivity contribution in [1.82, 2.24) is 14.7 Å². The first kappa shape index (κ1) is 8.92. The van der Waals surface area contributed by atoms with E-state index >= 15 is 0 Å². The van der Waals surface area contributed by atoms with Crippen LogP contribution in [0.2, 0.25) is 0 Å². The predicted octanol–water partition coefficient (Wildman–Crippen LogP) is 1.80. The molecule has 0 saturated carbocycles. The van der Waals surface area contributed by atoms with Gasteiger partial charge in [-0.2, -0.15) is 0 Å². The second kappa shape index (κ2) is 3.66. The van der Waals surface area contributed by atoms with Crippen LogP contribution in [0.3, 0.4) is 0 Å². The fourth-order valence-corrected chi connectivity index (χ4v) is 2.41. The van der Waals surface area contributed by atoms with Crippen molar-refractivity contribution in [2.45, 2.75) is 18.8 Å². The molecule has 1 aliphatic heterocycles.